The lowest BCUT2D eigenvalue weighted by Gasteiger charge is -2.08. The lowest BCUT2D eigenvalue weighted by Crippen LogP contribution is -2.24. The van der Waals surface area contributed by atoms with Gasteiger partial charge in [-0.3, -0.25) is 9.59 Å². The molecule has 0 saturated heterocycles. The van der Waals surface area contributed by atoms with Crippen molar-refractivity contribution >= 4 is 17.4 Å². The Balaban J connectivity index is 2.06. The molecule has 2 aromatic rings. The van der Waals surface area contributed by atoms with Crippen LogP contribution in [0.3, 0.4) is 0 Å². The SMILES string of the molecule is C#COc1ccccc1CC(=O)C(=O)Nc1cccc(CC)c1. The first-order chi connectivity index (χ1) is 11.1. The smallest absolute Gasteiger partial charge is 0.292 e. The van der Waals surface area contributed by atoms with E-state index < -0.39 is 11.7 Å². The van der Waals surface area contributed by atoms with Crippen molar-refractivity contribution in [2.24, 2.45) is 0 Å². The summed E-state index contributed by atoms with van der Waals surface area (Å²) in [6.45, 7) is 2.02. The van der Waals surface area contributed by atoms with E-state index in [4.69, 9.17) is 11.2 Å². The van der Waals surface area contributed by atoms with Crippen molar-refractivity contribution in [3.05, 3.63) is 59.7 Å². The predicted molar refractivity (Wildman–Crippen MR) is 89.1 cm³/mol. The number of aryl methyl sites for hydroxylation is 1. The molecule has 23 heavy (non-hydrogen) atoms. The van der Waals surface area contributed by atoms with Gasteiger partial charge in [0.05, 0.1) is 0 Å². The van der Waals surface area contributed by atoms with Crippen LogP contribution in [0, 0.1) is 12.5 Å². The van der Waals surface area contributed by atoms with E-state index in [1.807, 2.05) is 25.1 Å². The molecule has 0 spiro atoms. The van der Waals surface area contributed by atoms with Crippen LogP contribution in [0.1, 0.15) is 18.1 Å². The molecule has 4 heteroatoms. The highest BCUT2D eigenvalue weighted by molar-refractivity contribution is 6.41. The molecule has 0 fully saturated rings. The first kappa shape index (κ1) is 16.3. The maximum absolute atomic E-state index is 12.1. The molecule has 1 amide bonds. The second-order valence-corrected chi connectivity index (χ2v) is 4.94. The number of benzene rings is 2. The Morgan fingerprint density at radius 3 is 2.70 bits per heavy atom. The molecule has 0 unspecified atom stereocenters. The van der Waals surface area contributed by atoms with Crippen LogP contribution in [0.4, 0.5) is 5.69 Å². The maximum atomic E-state index is 12.1. The van der Waals surface area contributed by atoms with Gasteiger partial charge in [-0.05, 0) is 30.2 Å². The summed E-state index contributed by atoms with van der Waals surface area (Å²) in [5.74, 6) is -0.808. The zero-order valence-electron chi connectivity index (χ0n) is 12.8. The minimum Gasteiger partial charge on any atom is -0.408 e. The number of anilines is 1. The number of hydrogen-bond acceptors (Lipinski definition) is 3. The summed E-state index contributed by atoms with van der Waals surface area (Å²) in [5.41, 5.74) is 2.27. The maximum Gasteiger partial charge on any atom is 0.292 e. The minimum absolute atomic E-state index is 0.0723. The summed E-state index contributed by atoms with van der Waals surface area (Å²) in [6.07, 6.45) is 7.96. The summed E-state index contributed by atoms with van der Waals surface area (Å²) >= 11 is 0. The third-order valence-electron chi connectivity index (χ3n) is 3.34. The van der Waals surface area contributed by atoms with E-state index in [1.165, 1.54) is 0 Å². The third kappa shape index (κ3) is 4.45. The number of carbonyl (C=O) groups is 2. The number of rotatable bonds is 6. The monoisotopic (exact) mass is 307 g/mol. The summed E-state index contributed by atoms with van der Waals surface area (Å²) in [6, 6.07) is 14.3. The van der Waals surface area contributed by atoms with E-state index >= 15 is 0 Å². The number of ether oxygens (including phenoxy) is 1. The fourth-order valence-corrected chi connectivity index (χ4v) is 2.14. The van der Waals surface area contributed by atoms with Crippen molar-refractivity contribution in [1.29, 1.82) is 0 Å². The number of ketones is 1. The predicted octanol–water partition coefficient (Wildman–Crippen LogP) is 2.97. The largest absolute Gasteiger partial charge is 0.408 e. The fraction of sp³-hybridized carbons (Fsp3) is 0.158. The van der Waals surface area contributed by atoms with Crippen molar-refractivity contribution in [1.82, 2.24) is 0 Å². The Hall–Kier alpha value is -3.06. The van der Waals surface area contributed by atoms with E-state index in [0.717, 1.165) is 12.0 Å². The molecule has 0 heterocycles. The van der Waals surface area contributed by atoms with Crippen LogP contribution < -0.4 is 10.1 Å². The van der Waals surface area contributed by atoms with Gasteiger partial charge in [0, 0.05) is 17.7 Å². The van der Waals surface area contributed by atoms with Gasteiger partial charge in [-0.25, -0.2) is 0 Å². The van der Waals surface area contributed by atoms with E-state index in [9.17, 15) is 9.59 Å². The van der Waals surface area contributed by atoms with Crippen LogP contribution >= 0.6 is 0 Å². The molecule has 1 N–H and O–H groups in total. The quantitative estimate of drug-likeness (QED) is 0.659. The summed E-state index contributed by atoms with van der Waals surface area (Å²) < 4.78 is 5.01. The summed E-state index contributed by atoms with van der Waals surface area (Å²) in [4.78, 5) is 24.2. The van der Waals surface area contributed by atoms with Gasteiger partial charge in [-0.2, -0.15) is 0 Å². The lowest BCUT2D eigenvalue weighted by molar-refractivity contribution is -0.134. The highest BCUT2D eigenvalue weighted by Crippen LogP contribution is 2.19. The normalized spacial score (nSPS) is 9.74. The van der Waals surface area contributed by atoms with E-state index in [1.54, 1.807) is 30.3 Å². The highest BCUT2D eigenvalue weighted by atomic mass is 16.5. The van der Waals surface area contributed by atoms with E-state index in [0.29, 0.717) is 17.0 Å². The van der Waals surface area contributed by atoms with Gasteiger partial charge in [0.15, 0.2) is 0 Å². The molecular weight excluding hydrogens is 290 g/mol. The summed E-state index contributed by atoms with van der Waals surface area (Å²) in [7, 11) is 0. The number of carbonyl (C=O) groups excluding carboxylic acids is 2. The molecule has 0 aromatic heterocycles. The molecule has 0 aliphatic carbocycles. The van der Waals surface area contributed by atoms with Crippen molar-refractivity contribution < 1.29 is 14.3 Å². The second-order valence-electron chi connectivity index (χ2n) is 4.94. The highest BCUT2D eigenvalue weighted by Gasteiger charge is 2.17. The van der Waals surface area contributed by atoms with Crippen LogP contribution in [0.5, 0.6) is 5.75 Å². The van der Waals surface area contributed by atoms with Crippen LogP contribution in [-0.4, -0.2) is 11.7 Å². The second kappa shape index (κ2) is 7.81. The minimum atomic E-state index is -0.659. The Bertz CT molecular complexity index is 759. The van der Waals surface area contributed by atoms with E-state index in [2.05, 4.69) is 11.4 Å². The van der Waals surface area contributed by atoms with Crippen LogP contribution in [0.15, 0.2) is 48.5 Å². The van der Waals surface area contributed by atoms with Gasteiger partial charge in [-0.1, -0.05) is 43.7 Å². The first-order valence-electron chi connectivity index (χ1n) is 7.27. The standard InChI is InChI=1S/C19H17NO3/c1-3-14-8-7-10-16(12-14)20-19(22)17(21)13-15-9-5-6-11-18(15)23-4-2/h2,5-12H,3,13H2,1H3,(H,20,22). The average Bonchev–Trinajstić information content (AvgIpc) is 2.57. The Morgan fingerprint density at radius 1 is 1.17 bits per heavy atom. The fourth-order valence-electron chi connectivity index (χ4n) is 2.14. The molecule has 116 valence electrons. The van der Waals surface area contributed by atoms with Gasteiger partial charge in [0.1, 0.15) is 11.9 Å². The molecule has 2 aromatic carbocycles. The number of amides is 1. The number of terminal acetylenes is 1. The van der Waals surface area contributed by atoms with Crippen molar-refractivity contribution in [2.45, 2.75) is 19.8 Å². The van der Waals surface area contributed by atoms with Crippen LogP contribution in [-0.2, 0) is 22.4 Å². The zero-order chi connectivity index (χ0) is 16.7. The number of Topliss-reactive ketones (excluding diaryl/α,β-unsaturated/α-hetero) is 1. The number of para-hydroxylation sites is 1. The molecule has 0 saturated carbocycles. The molecule has 0 aliphatic heterocycles. The van der Waals surface area contributed by atoms with Gasteiger partial charge in [0.25, 0.3) is 5.91 Å². The van der Waals surface area contributed by atoms with Gasteiger partial charge >= 0.3 is 0 Å². The average molecular weight is 307 g/mol. The van der Waals surface area contributed by atoms with Gasteiger partial charge in [0.2, 0.25) is 5.78 Å². The van der Waals surface area contributed by atoms with E-state index in [-0.39, 0.29) is 6.42 Å². The molecule has 0 bridgehead atoms. The Kier molecular flexibility index (Phi) is 5.54. The number of hydrogen-bond donors (Lipinski definition) is 1. The molecule has 0 atom stereocenters. The lowest BCUT2D eigenvalue weighted by atomic mass is 10.1. The van der Waals surface area contributed by atoms with Crippen molar-refractivity contribution in [2.75, 3.05) is 5.32 Å². The van der Waals surface area contributed by atoms with Crippen molar-refractivity contribution in [3.8, 4) is 18.3 Å². The molecule has 4 nitrogen and oxygen atoms in total. The van der Waals surface area contributed by atoms with Crippen LogP contribution in [0.2, 0.25) is 0 Å². The number of nitrogens with one attached hydrogen (secondary N) is 1. The molecule has 2 rings (SSSR count). The zero-order valence-corrected chi connectivity index (χ0v) is 12.8. The third-order valence-corrected chi connectivity index (χ3v) is 3.34. The molecular formula is C19H17NO3. The van der Waals surface area contributed by atoms with Crippen molar-refractivity contribution in [3.63, 3.8) is 0 Å². The first-order valence-corrected chi connectivity index (χ1v) is 7.27. The molecule has 0 aliphatic rings. The topological polar surface area (TPSA) is 55.4 Å². The Labute approximate surface area is 135 Å². The Morgan fingerprint density at radius 2 is 1.96 bits per heavy atom. The van der Waals surface area contributed by atoms with Crippen LogP contribution in [0.25, 0.3) is 0 Å². The van der Waals surface area contributed by atoms with Gasteiger partial charge < -0.3 is 10.1 Å². The molecule has 0 radical (unpaired) electrons. The van der Waals surface area contributed by atoms with Gasteiger partial charge in [-0.15, -0.1) is 0 Å². The summed E-state index contributed by atoms with van der Waals surface area (Å²) in [5, 5.41) is 2.62.